The number of aryl methyl sites for hydroxylation is 1. The minimum atomic E-state index is 0.772. The van der Waals surface area contributed by atoms with E-state index in [2.05, 4.69) is 12.0 Å². The van der Waals surface area contributed by atoms with Crippen molar-refractivity contribution in [1.82, 2.24) is 9.78 Å². The molecule has 0 aliphatic rings. The topological polar surface area (TPSA) is 43.8 Å². The van der Waals surface area contributed by atoms with Crippen LogP contribution in [0, 0.1) is 0 Å². The fourth-order valence-electron chi connectivity index (χ4n) is 1.48. The van der Waals surface area contributed by atoms with E-state index in [1.54, 1.807) is 11.3 Å². The van der Waals surface area contributed by atoms with Crippen LogP contribution in [0.15, 0.2) is 23.7 Å². The highest BCUT2D eigenvalue weighted by Gasteiger charge is 2.08. The van der Waals surface area contributed by atoms with Gasteiger partial charge in [0.05, 0.1) is 10.6 Å². The van der Waals surface area contributed by atoms with Gasteiger partial charge in [0.1, 0.15) is 5.69 Å². The maximum Gasteiger partial charge on any atom is 0.125 e. The second kappa shape index (κ2) is 4.49. The second-order valence-electron chi connectivity index (χ2n) is 3.53. The Morgan fingerprint density at radius 2 is 2.40 bits per heavy atom. The van der Waals surface area contributed by atoms with Gasteiger partial charge in [0.15, 0.2) is 0 Å². The number of nitrogen functional groups attached to an aromatic ring is 1. The van der Waals surface area contributed by atoms with Crippen molar-refractivity contribution in [3.05, 3.63) is 23.7 Å². The van der Waals surface area contributed by atoms with Crippen LogP contribution >= 0.6 is 11.3 Å². The minimum Gasteiger partial charge on any atom is -0.396 e. The van der Waals surface area contributed by atoms with Gasteiger partial charge < -0.3 is 5.73 Å². The van der Waals surface area contributed by atoms with Gasteiger partial charge in [0, 0.05) is 12.7 Å². The maximum atomic E-state index is 5.93. The third-order valence-corrected chi connectivity index (χ3v) is 3.16. The molecule has 0 aliphatic heterocycles. The molecule has 0 saturated carbocycles. The average Bonchev–Trinajstić information content (AvgIpc) is 2.83. The van der Waals surface area contributed by atoms with Gasteiger partial charge in [0.25, 0.3) is 0 Å². The summed E-state index contributed by atoms with van der Waals surface area (Å²) in [7, 11) is 0. The van der Waals surface area contributed by atoms with Crippen LogP contribution in [0.5, 0.6) is 0 Å². The summed E-state index contributed by atoms with van der Waals surface area (Å²) in [5.74, 6) is 0. The highest BCUT2D eigenvalue weighted by Crippen LogP contribution is 2.27. The molecule has 15 heavy (non-hydrogen) atoms. The van der Waals surface area contributed by atoms with Gasteiger partial charge in [-0.25, -0.2) is 0 Å². The van der Waals surface area contributed by atoms with Gasteiger partial charge in [-0.1, -0.05) is 19.4 Å². The Balaban J connectivity index is 2.22. The standard InChI is InChI=1S/C11H15N3S/c1-2-3-6-14-8-9(12)11(13-14)10-5-4-7-15-10/h4-5,7-8H,2-3,6,12H2,1H3. The third-order valence-electron chi connectivity index (χ3n) is 2.29. The lowest BCUT2D eigenvalue weighted by molar-refractivity contribution is 0.573. The van der Waals surface area contributed by atoms with E-state index in [-0.39, 0.29) is 0 Å². The molecule has 0 bridgehead atoms. The zero-order valence-corrected chi connectivity index (χ0v) is 9.63. The van der Waals surface area contributed by atoms with Gasteiger partial charge >= 0.3 is 0 Å². The summed E-state index contributed by atoms with van der Waals surface area (Å²) < 4.78 is 1.94. The minimum absolute atomic E-state index is 0.772. The average molecular weight is 221 g/mol. The molecule has 80 valence electrons. The molecule has 0 radical (unpaired) electrons. The van der Waals surface area contributed by atoms with Crippen molar-refractivity contribution in [2.24, 2.45) is 0 Å². The molecule has 4 heteroatoms. The largest absolute Gasteiger partial charge is 0.396 e. The van der Waals surface area contributed by atoms with E-state index in [1.807, 2.05) is 28.4 Å². The number of nitrogens with zero attached hydrogens (tertiary/aromatic N) is 2. The fourth-order valence-corrected chi connectivity index (χ4v) is 2.21. The van der Waals surface area contributed by atoms with E-state index in [4.69, 9.17) is 5.73 Å². The van der Waals surface area contributed by atoms with Crippen molar-refractivity contribution >= 4 is 17.0 Å². The first-order chi connectivity index (χ1) is 7.31. The maximum absolute atomic E-state index is 5.93. The van der Waals surface area contributed by atoms with E-state index in [9.17, 15) is 0 Å². The number of hydrogen-bond donors (Lipinski definition) is 1. The van der Waals surface area contributed by atoms with Crippen molar-refractivity contribution in [3.8, 4) is 10.6 Å². The first-order valence-electron chi connectivity index (χ1n) is 5.18. The van der Waals surface area contributed by atoms with Crippen molar-refractivity contribution in [1.29, 1.82) is 0 Å². The molecule has 0 aliphatic carbocycles. The van der Waals surface area contributed by atoms with E-state index >= 15 is 0 Å². The van der Waals surface area contributed by atoms with Gasteiger partial charge in [-0.2, -0.15) is 5.10 Å². The molecule has 2 aromatic rings. The summed E-state index contributed by atoms with van der Waals surface area (Å²) >= 11 is 1.67. The van der Waals surface area contributed by atoms with Crippen LogP contribution in [0.3, 0.4) is 0 Å². The number of anilines is 1. The first kappa shape index (κ1) is 10.2. The highest BCUT2D eigenvalue weighted by molar-refractivity contribution is 7.13. The molecule has 0 unspecified atom stereocenters. The summed E-state index contributed by atoms with van der Waals surface area (Å²) in [6, 6.07) is 4.07. The number of hydrogen-bond acceptors (Lipinski definition) is 3. The Labute approximate surface area is 93.5 Å². The van der Waals surface area contributed by atoms with Gasteiger partial charge in [0.2, 0.25) is 0 Å². The number of thiophene rings is 1. The SMILES string of the molecule is CCCCn1cc(N)c(-c2cccs2)n1. The molecule has 0 fully saturated rings. The van der Waals surface area contributed by atoms with Crippen molar-refractivity contribution in [2.45, 2.75) is 26.3 Å². The van der Waals surface area contributed by atoms with Crippen LogP contribution < -0.4 is 5.73 Å². The molecule has 2 aromatic heterocycles. The van der Waals surface area contributed by atoms with Crippen LogP contribution in [0.25, 0.3) is 10.6 Å². The summed E-state index contributed by atoms with van der Waals surface area (Å²) in [5, 5.41) is 6.53. The predicted molar refractivity (Wildman–Crippen MR) is 64.9 cm³/mol. The van der Waals surface area contributed by atoms with Gasteiger partial charge in [-0.05, 0) is 17.9 Å². The quantitative estimate of drug-likeness (QED) is 0.862. The number of unbranched alkanes of at least 4 members (excludes halogenated alkanes) is 1. The second-order valence-corrected chi connectivity index (χ2v) is 4.47. The van der Waals surface area contributed by atoms with Crippen LogP contribution in [0.2, 0.25) is 0 Å². The fraction of sp³-hybridized carbons (Fsp3) is 0.364. The van der Waals surface area contributed by atoms with E-state index in [0.717, 1.165) is 29.2 Å². The lowest BCUT2D eigenvalue weighted by atomic mass is 10.3. The van der Waals surface area contributed by atoms with Gasteiger partial charge in [-0.15, -0.1) is 11.3 Å². The lowest BCUT2D eigenvalue weighted by Gasteiger charge is -1.97. The highest BCUT2D eigenvalue weighted by atomic mass is 32.1. The predicted octanol–water partition coefficient (Wildman–Crippen LogP) is 2.99. The molecule has 2 N–H and O–H groups in total. The Hall–Kier alpha value is -1.29. The summed E-state index contributed by atoms with van der Waals surface area (Å²) in [6.07, 6.45) is 4.24. The molecule has 0 aromatic carbocycles. The van der Waals surface area contributed by atoms with Gasteiger partial charge in [-0.3, -0.25) is 4.68 Å². The molecule has 3 nitrogen and oxygen atoms in total. The molecule has 0 saturated heterocycles. The Kier molecular flexibility index (Phi) is 3.06. The lowest BCUT2D eigenvalue weighted by Crippen LogP contribution is -1.97. The molecular formula is C11H15N3S. The molecular weight excluding hydrogens is 206 g/mol. The Bertz CT molecular complexity index is 417. The van der Waals surface area contributed by atoms with Crippen molar-refractivity contribution < 1.29 is 0 Å². The first-order valence-corrected chi connectivity index (χ1v) is 6.06. The van der Waals surface area contributed by atoms with Crippen LogP contribution in [0.1, 0.15) is 19.8 Å². The smallest absolute Gasteiger partial charge is 0.125 e. The molecule has 0 atom stereocenters. The third kappa shape index (κ3) is 2.21. The number of rotatable bonds is 4. The van der Waals surface area contributed by atoms with Crippen molar-refractivity contribution in [2.75, 3.05) is 5.73 Å². The monoisotopic (exact) mass is 221 g/mol. The normalized spacial score (nSPS) is 10.7. The molecule has 2 rings (SSSR count). The summed E-state index contributed by atoms with van der Waals surface area (Å²) in [6.45, 7) is 3.12. The van der Waals surface area contributed by atoms with E-state index in [0.29, 0.717) is 0 Å². The zero-order valence-electron chi connectivity index (χ0n) is 8.81. The molecule has 0 amide bonds. The van der Waals surface area contributed by atoms with Crippen molar-refractivity contribution in [3.63, 3.8) is 0 Å². The van der Waals surface area contributed by atoms with E-state index in [1.165, 1.54) is 6.42 Å². The Morgan fingerprint density at radius 1 is 1.53 bits per heavy atom. The van der Waals surface area contributed by atoms with Crippen LogP contribution in [0.4, 0.5) is 5.69 Å². The number of nitrogens with two attached hydrogens (primary N) is 1. The summed E-state index contributed by atoms with van der Waals surface area (Å²) in [5.41, 5.74) is 7.62. The Morgan fingerprint density at radius 3 is 3.07 bits per heavy atom. The van der Waals surface area contributed by atoms with Crippen LogP contribution in [-0.4, -0.2) is 9.78 Å². The molecule has 2 heterocycles. The molecule has 0 spiro atoms. The van der Waals surface area contributed by atoms with E-state index < -0.39 is 0 Å². The van der Waals surface area contributed by atoms with Crippen LogP contribution in [-0.2, 0) is 6.54 Å². The summed E-state index contributed by atoms with van der Waals surface area (Å²) in [4.78, 5) is 1.14. The number of aromatic nitrogens is 2. The zero-order chi connectivity index (χ0) is 10.7.